The molecule has 0 N–H and O–H groups in total. The smallest absolute Gasteiger partial charge is 0.0795 e. The normalized spacial score (nSPS) is 23.1. The first kappa shape index (κ1) is 15.1. The van der Waals surface area contributed by atoms with Crippen LogP contribution >= 0.6 is 0 Å². The predicted octanol–water partition coefficient (Wildman–Crippen LogP) is 6.50. The molecule has 0 aliphatic carbocycles. The van der Waals surface area contributed by atoms with Gasteiger partial charge in [0.25, 0.3) is 0 Å². The third-order valence-electron chi connectivity index (χ3n) is 6.78. The van der Waals surface area contributed by atoms with Crippen LogP contribution in [0.5, 0.6) is 0 Å². The zero-order valence-corrected chi connectivity index (χ0v) is 15.2. The van der Waals surface area contributed by atoms with Crippen LogP contribution in [0.3, 0.4) is 0 Å². The fourth-order valence-electron chi connectivity index (χ4n) is 5.47. The molecule has 2 radical (unpaired) electrons. The van der Waals surface area contributed by atoms with E-state index >= 15 is 0 Å². The van der Waals surface area contributed by atoms with Crippen molar-refractivity contribution >= 4 is 46.9 Å². The van der Waals surface area contributed by atoms with Gasteiger partial charge in [0.15, 0.2) is 0 Å². The van der Waals surface area contributed by atoms with E-state index in [-0.39, 0.29) is 0 Å². The van der Waals surface area contributed by atoms with Gasteiger partial charge in [0.2, 0.25) is 0 Å². The molecule has 2 aliphatic heterocycles. The van der Waals surface area contributed by atoms with E-state index in [1.54, 1.807) is 0 Å². The quantitative estimate of drug-likeness (QED) is 0.290. The Hall–Kier alpha value is -1.95. The van der Waals surface area contributed by atoms with E-state index in [1.807, 2.05) is 0 Å². The Morgan fingerprint density at radius 1 is 0.577 bits per heavy atom. The summed E-state index contributed by atoms with van der Waals surface area (Å²) in [5, 5.41) is 8.58. The Labute approximate surface area is 156 Å². The maximum Gasteiger partial charge on any atom is 0.119 e. The summed E-state index contributed by atoms with van der Waals surface area (Å²) >= 11 is 0. The van der Waals surface area contributed by atoms with Crippen molar-refractivity contribution in [1.29, 1.82) is 0 Å². The monoisotopic (exact) mass is 332 g/mol. The lowest BCUT2D eigenvalue weighted by molar-refractivity contribution is 0.823. The van der Waals surface area contributed by atoms with Gasteiger partial charge in [-0.1, -0.05) is 98.0 Å². The lowest BCUT2D eigenvalue weighted by Crippen LogP contribution is -2.01. The average molecular weight is 332 g/mol. The Morgan fingerprint density at radius 2 is 0.962 bits per heavy atom. The first-order valence-corrected chi connectivity index (χ1v) is 10.3. The van der Waals surface area contributed by atoms with Gasteiger partial charge in [0.05, 0.1) is 0 Å². The van der Waals surface area contributed by atoms with Crippen molar-refractivity contribution in [3.63, 3.8) is 0 Å². The van der Waals surface area contributed by atoms with Crippen molar-refractivity contribution in [2.24, 2.45) is 0 Å². The van der Waals surface area contributed by atoms with Gasteiger partial charge in [-0.25, -0.2) is 0 Å². The second-order valence-corrected chi connectivity index (χ2v) is 8.36. The van der Waals surface area contributed by atoms with Gasteiger partial charge in [-0.15, -0.1) is 0 Å². The van der Waals surface area contributed by atoms with Crippen LogP contribution in [0.1, 0.15) is 48.4 Å². The summed E-state index contributed by atoms with van der Waals surface area (Å²) in [6.45, 7) is 0. The first-order valence-electron chi connectivity index (χ1n) is 10.3. The van der Waals surface area contributed by atoms with Crippen molar-refractivity contribution in [3.8, 4) is 0 Å². The molecule has 2 atom stereocenters. The first-order chi connectivity index (χ1) is 12.9. The standard InChI is InChI=1S/C24H22B2/c1-3-21(25-9-1)19-11-15-5-7-17-13-20(22-4-2-10-26-22)14-18-8-6-16(12-19)23(15)24(17)18/h5-8,11-14,21-22H,1-4,9-10H2. The third-order valence-corrected chi connectivity index (χ3v) is 6.78. The van der Waals surface area contributed by atoms with Crippen LogP contribution in [0.2, 0.25) is 12.6 Å². The lowest BCUT2D eigenvalue weighted by Gasteiger charge is -2.17. The summed E-state index contributed by atoms with van der Waals surface area (Å²) in [4.78, 5) is 0. The highest BCUT2D eigenvalue weighted by atomic mass is 14.2. The minimum atomic E-state index is 0.654. The van der Waals surface area contributed by atoms with E-state index in [1.165, 1.54) is 81.8 Å². The molecule has 2 heterocycles. The molecule has 0 nitrogen and oxygen atoms in total. The van der Waals surface area contributed by atoms with Gasteiger partial charge < -0.3 is 0 Å². The SMILES string of the molecule is [B]1CCCC1c1cc2ccc3cc(C4[B]CCC4)cc4ccc(c1)c2c34. The molecule has 2 aliphatic rings. The Morgan fingerprint density at radius 3 is 1.27 bits per heavy atom. The van der Waals surface area contributed by atoms with Gasteiger partial charge in [-0.05, 0) is 44.0 Å². The minimum absolute atomic E-state index is 0.654. The molecule has 2 saturated heterocycles. The van der Waals surface area contributed by atoms with Crippen molar-refractivity contribution in [3.05, 3.63) is 59.7 Å². The van der Waals surface area contributed by atoms with Gasteiger partial charge in [-0.3, -0.25) is 0 Å². The fraction of sp³-hybridized carbons (Fsp3) is 0.333. The molecular formula is C24H22B2. The molecule has 2 unspecified atom stereocenters. The average Bonchev–Trinajstić information content (AvgIpc) is 3.39. The lowest BCUT2D eigenvalue weighted by atomic mass is 9.64. The van der Waals surface area contributed by atoms with Crippen LogP contribution in [0.15, 0.2) is 48.5 Å². The molecule has 0 saturated carbocycles. The maximum absolute atomic E-state index is 2.51. The van der Waals surface area contributed by atoms with Crippen molar-refractivity contribution in [1.82, 2.24) is 0 Å². The molecule has 0 aromatic heterocycles. The summed E-state index contributed by atoms with van der Waals surface area (Å²) < 4.78 is 0. The Kier molecular flexibility index (Phi) is 3.36. The molecule has 0 spiro atoms. The molecule has 2 fully saturated rings. The van der Waals surface area contributed by atoms with E-state index in [0.717, 1.165) is 0 Å². The van der Waals surface area contributed by atoms with Gasteiger partial charge in [0.1, 0.15) is 14.6 Å². The predicted molar refractivity (Wildman–Crippen MR) is 115 cm³/mol. The van der Waals surface area contributed by atoms with E-state index in [4.69, 9.17) is 0 Å². The molecule has 124 valence electrons. The summed E-state index contributed by atoms with van der Waals surface area (Å²) in [7, 11) is 5.02. The van der Waals surface area contributed by atoms with Crippen molar-refractivity contribution in [2.45, 2.75) is 50.0 Å². The number of benzene rings is 4. The molecular weight excluding hydrogens is 310 g/mol. The highest BCUT2D eigenvalue weighted by molar-refractivity contribution is 6.39. The Bertz CT molecular complexity index is 946. The summed E-state index contributed by atoms with van der Waals surface area (Å²) in [5.41, 5.74) is 3.02. The molecule has 26 heavy (non-hydrogen) atoms. The zero-order valence-electron chi connectivity index (χ0n) is 15.2. The molecule has 4 aromatic rings. The molecule has 2 heteroatoms. The van der Waals surface area contributed by atoms with Crippen LogP contribution < -0.4 is 0 Å². The van der Waals surface area contributed by atoms with Gasteiger partial charge in [0, 0.05) is 0 Å². The van der Waals surface area contributed by atoms with Crippen LogP contribution in [-0.4, -0.2) is 14.6 Å². The summed E-state index contributed by atoms with van der Waals surface area (Å²) in [6, 6.07) is 19.2. The maximum atomic E-state index is 2.51. The topological polar surface area (TPSA) is 0 Å². The number of hydrogen-bond acceptors (Lipinski definition) is 0. The van der Waals surface area contributed by atoms with Gasteiger partial charge in [-0.2, -0.15) is 0 Å². The van der Waals surface area contributed by atoms with Crippen molar-refractivity contribution < 1.29 is 0 Å². The van der Waals surface area contributed by atoms with Crippen LogP contribution in [0.4, 0.5) is 0 Å². The fourth-order valence-corrected chi connectivity index (χ4v) is 5.47. The zero-order chi connectivity index (χ0) is 17.1. The van der Waals surface area contributed by atoms with Crippen LogP contribution in [0, 0.1) is 0 Å². The summed E-state index contributed by atoms with van der Waals surface area (Å²) in [6.07, 6.45) is 7.87. The molecule has 0 amide bonds. The minimum Gasteiger partial charge on any atom is -0.0795 e. The number of rotatable bonds is 2. The second kappa shape index (κ2) is 5.78. The highest BCUT2D eigenvalue weighted by Crippen LogP contribution is 2.40. The van der Waals surface area contributed by atoms with E-state index in [2.05, 4.69) is 63.1 Å². The van der Waals surface area contributed by atoms with E-state index in [9.17, 15) is 0 Å². The van der Waals surface area contributed by atoms with Crippen molar-refractivity contribution in [2.75, 3.05) is 0 Å². The largest absolute Gasteiger partial charge is 0.119 e. The molecule has 0 bridgehead atoms. The number of hydrogen-bond donors (Lipinski definition) is 0. The third kappa shape index (κ3) is 2.24. The Balaban J connectivity index is 1.59. The molecule has 4 aromatic carbocycles. The molecule has 6 rings (SSSR count). The van der Waals surface area contributed by atoms with E-state index < -0.39 is 0 Å². The second-order valence-electron chi connectivity index (χ2n) is 8.36. The van der Waals surface area contributed by atoms with Crippen LogP contribution in [0.25, 0.3) is 32.3 Å². The van der Waals surface area contributed by atoms with Crippen LogP contribution in [-0.2, 0) is 0 Å². The summed E-state index contributed by atoms with van der Waals surface area (Å²) in [5.74, 6) is 1.31. The van der Waals surface area contributed by atoms with E-state index in [0.29, 0.717) is 11.6 Å². The highest BCUT2D eigenvalue weighted by Gasteiger charge is 2.21. The van der Waals surface area contributed by atoms with Gasteiger partial charge >= 0.3 is 0 Å².